The monoisotopic (exact) mass is 348 g/mol. The predicted octanol–water partition coefficient (Wildman–Crippen LogP) is 3.56. The van der Waals surface area contributed by atoms with Crippen LogP contribution in [0.3, 0.4) is 0 Å². The molecule has 26 heavy (non-hydrogen) atoms. The molecule has 0 unspecified atom stereocenters. The molecule has 0 aromatic heterocycles. The van der Waals surface area contributed by atoms with Crippen molar-refractivity contribution in [1.82, 2.24) is 10.2 Å². The second-order valence-corrected chi connectivity index (χ2v) is 7.28. The van der Waals surface area contributed by atoms with Crippen molar-refractivity contribution < 1.29 is 9.59 Å². The zero-order chi connectivity index (χ0) is 17.9. The molecular formula is C22H24N2O2. The first-order valence-electron chi connectivity index (χ1n) is 9.48. The highest BCUT2D eigenvalue weighted by Gasteiger charge is 2.23. The molecule has 4 rings (SSSR count). The van der Waals surface area contributed by atoms with E-state index in [1.54, 1.807) is 24.3 Å². The van der Waals surface area contributed by atoms with Gasteiger partial charge in [-0.1, -0.05) is 43.2 Å². The van der Waals surface area contributed by atoms with Crippen molar-refractivity contribution in [3.63, 3.8) is 0 Å². The van der Waals surface area contributed by atoms with E-state index >= 15 is 0 Å². The van der Waals surface area contributed by atoms with E-state index in [2.05, 4.69) is 17.4 Å². The van der Waals surface area contributed by atoms with Gasteiger partial charge in [-0.15, -0.1) is 0 Å². The van der Waals surface area contributed by atoms with Crippen molar-refractivity contribution >= 4 is 11.8 Å². The standard InChI is InChI=1S/C22H24N2O2/c25-21(23-20-10-3-4-11-20)17-8-5-9-18(14-17)22(26)24-13-12-16-6-1-2-7-19(16)15-24/h1-2,5-9,14,20H,3-4,10-13,15H2,(H,23,25). The van der Waals surface area contributed by atoms with Crippen LogP contribution in [-0.4, -0.2) is 29.3 Å². The Hall–Kier alpha value is -2.62. The molecule has 2 aromatic carbocycles. The van der Waals surface area contributed by atoms with Crippen LogP contribution in [0.15, 0.2) is 48.5 Å². The third-order valence-corrected chi connectivity index (χ3v) is 5.48. The molecule has 4 nitrogen and oxygen atoms in total. The second-order valence-electron chi connectivity index (χ2n) is 7.28. The molecule has 4 heteroatoms. The SMILES string of the molecule is O=C(NC1CCCC1)c1cccc(C(=O)N2CCc3ccccc3C2)c1. The van der Waals surface area contributed by atoms with Gasteiger partial charge in [0.15, 0.2) is 0 Å². The first-order chi connectivity index (χ1) is 12.7. The molecule has 0 saturated heterocycles. The fourth-order valence-corrected chi connectivity index (χ4v) is 3.98. The van der Waals surface area contributed by atoms with Crippen molar-refractivity contribution in [2.75, 3.05) is 6.54 Å². The van der Waals surface area contributed by atoms with Gasteiger partial charge in [-0.3, -0.25) is 9.59 Å². The Labute approximate surface area is 154 Å². The summed E-state index contributed by atoms with van der Waals surface area (Å²) in [5, 5.41) is 3.09. The maximum absolute atomic E-state index is 12.9. The normalized spacial score (nSPS) is 17.0. The lowest BCUT2D eigenvalue weighted by Crippen LogP contribution is -2.36. The van der Waals surface area contributed by atoms with Crippen molar-refractivity contribution in [1.29, 1.82) is 0 Å². The number of fused-ring (bicyclic) bond motifs is 1. The molecule has 2 aliphatic rings. The quantitative estimate of drug-likeness (QED) is 0.922. The highest BCUT2D eigenvalue weighted by molar-refractivity contribution is 5.99. The molecule has 1 aliphatic heterocycles. The summed E-state index contributed by atoms with van der Waals surface area (Å²) in [6, 6.07) is 15.7. The Bertz CT molecular complexity index is 824. The third kappa shape index (κ3) is 3.50. The Kier molecular flexibility index (Phi) is 4.74. The summed E-state index contributed by atoms with van der Waals surface area (Å²) >= 11 is 0. The number of hydrogen-bond acceptors (Lipinski definition) is 2. The van der Waals surface area contributed by atoms with Crippen LogP contribution in [0.1, 0.15) is 57.5 Å². The molecule has 0 spiro atoms. The van der Waals surface area contributed by atoms with E-state index in [0.717, 1.165) is 19.3 Å². The Morgan fingerprint density at radius 3 is 2.46 bits per heavy atom. The van der Waals surface area contributed by atoms with E-state index in [4.69, 9.17) is 0 Å². The van der Waals surface area contributed by atoms with Gasteiger partial charge in [-0.25, -0.2) is 0 Å². The van der Waals surface area contributed by atoms with Crippen LogP contribution in [0.5, 0.6) is 0 Å². The molecule has 1 N–H and O–H groups in total. The van der Waals surface area contributed by atoms with Gasteiger partial charge in [0, 0.05) is 30.3 Å². The summed E-state index contributed by atoms with van der Waals surface area (Å²) in [7, 11) is 0. The zero-order valence-corrected chi connectivity index (χ0v) is 14.9. The highest BCUT2D eigenvalue weighted by Crippen LogP contribution is 2.21. The van der Waals surface area contributed by atoms with Gasteiger partial charge >= 0.3 is 0 Å². The lowest BCUT2D eigenvalue weighted by molar-refractivity contribution is 0.0734. The average Bonchev–Trinajstić information content (AvgIpc) is 3.20. The Balaban J connectivity index is 1.47. The summed E-state index contributed by atoms with van der Waals surface area (Å²) in [5.41, 5.74) is 3.69. The number of hydrogen-bond donors (Lipinski definition) is 1. The molecule has 1 heterocycles. The van der Waals surface area contributed by atoms with E-state index < -0.39 is 0 Å². The molecular weight excluding hydrogens is 324 g/mol. The Morgan fingerprint density at radius 2 is 1.65 bits per heavy atom. The van der Waals surface area contributed by atoms with E-state index in [9.17, 15) is 9.59 Å². The zero-order valence-electron chi connectivity index (χ0n) is 14.9. The summed E-state index contributed by atoms with van der Waals surface area (Å²) in [5.74, 6) is -0.0782. The topological polar surface area (TPSA) is 49.4 Å². The predicted molar refractivity (Wildman–Crippen MR) is 101 cm³/mol. The van der Waals surface area contributed by atoms with Gasteiger partial charge in [0.1, 0.15) is 0 Å². The van der Waals surface area contributed by atoms with Gasteiger partial charge in [-0.05, 0) is 48.6 Å². The lowest BCUT2D eigenvalue weighted by atomic mass is 9.99. The fraction of sp³-hybridized carbons (Fsp3) is 0.364. The summed E-state index contributed by atoms with van der Waals surface area (Å²) in [6.45, 7) is 1.35. The first-order valence-corrected chi connectivity index (χ1v) is 9.48. The average molecular weight is 348 g/mol. The summed E-state index contributed by atoms with van der Waals surface area (Å²) in [4.78, 5) is 27.3. The van der Waals surface area contributed by atoms with Gasteiger partial charge < -0.3 is 10.2 Å². The molecule has 0 atom stereocenters. The summed E-state index contributed by atoms with van der Waals surface area (Å²) in [6.07, 6.45) is 5.35. The van der Waals surface area contributed by atoms with Crippen LogP contribution in [-0.2, 0) is 13.0 Å². The Morgan fingerprint density at radius 1 is 0.923 bits per heavy atom. The number of rotatable bonds is 3. The lowest BCUT2D eigenvalue weighted by Gasteiger charge is -2.29. The van der Waals surface area contributed by atoms with Crippen LogP contribution in [0.25, 0.3) is 0 Å². The van der Waals surface area contributed by atoms with Gasteiger partial charge in [-0.2, -0.15) is 0 Å². The molecule has 1 saturated carbocycles. The smallest absolute Gasteiger partial charge is 0.254 e. The number of carbonyl (C=O) groups is 2. The number of carbonyl (C=O) groups excluding carboxylic acids is 2. The molecule has 134 valence electrons. The number of nitrogens with zero attached hydrogens (tertiary/aromatic N) is 1. The van der Waals surface area contributed by atoms with Crippen molar-refractivity contribution in [3.8, 4) is 0 Å². The first kappa shape index (κ1) is 16.8. The maximum atomic E-state index is 12.9. The maximum Gasteiger partial charge on any atom is 0.254 e. The van der Waals surface area contributed by atoms with Gasteiger partial charge in [0.2, 0.25) is 0 Å². The van der Waals surface area contributed by atoms with Crippen LogP contribution < -0.4 is 5.32 Å². The number of amides is 2. The molecule has 0 bridgehead atoms. The molecule has 1 aliphatic carbocycles. The molecule has 2 aromatic rings. The van der Waals surface area contributed by atoms with Crippen LogP contribution in [0.4, 0.5) is 0 Å². The van der Waals surface area contributed by atoms with Crippen molar-refractivity contribution in [2.45, 2.75) is 44.7 Å². The van der Waals surface area contributed by atoms with E-state index in [1.165, 1.54) is 24.0 Å². The van der Waals surface area contributed by atoms with E-state index in [-0.39, 0.29) is 17.9 Å². The van der Waals surface area contributed by atoms with E-state index in [0.29, 0.717) is 24.2 Å². The molecule has 2 amide bonds. The summed E-state index contributed by atoms with van der Waals surface area (Å²) < 4.78 is 0. The minimum Gasteiger partial charge on any atom is -0.349 e. The van der Waals surface area contributed by atoms with Gasteiger partial charge in [0.05, 0.1) is 0 Å². The minimum atomic E-state index is -0.0736. The number of benzene rings is 2. The van der Waals surface area contributed by atoms with Crippen molar-refractivity contribution in [2.24, 2.45) is 0 Å². The van der Waals surface area contributed by atoms with Gasteiger partial charge in [0.25, 0.3) is 11.8 Å². The molecule has 0 radical (unpaired) electrons. The second kappa shape index (κ2) is 7.32. The van der Waals surface area contributed by atoms with Crippen LogP contribution in [0, 0.1) is 0 Å². The van der Waals surface area contributed by atoms with Crippen LogP contribution in [0.2, 0.25) is 0 Å². The largest absolute Gasteiger partial charge is 0.349 e. The fourth-order valence-electron chi connectivity index (χ4n) is 3.98. The van der Waals surface area contributed by atoms with E-state index in [1.807, 2.05) is 17.0 Å². The van der Waals surface area contributed by atoms with Crippen molar-refractivity contribution in [3.05, 3.63) is 70.8 Å². The highest BCUT2D eigenvalue weighted by atomic mass is 16.2. The minimum absolute atomic E-state index is 0.00461. The third-order valence-electron chi connectivity index (χ3n) is 5.48. The number of nitrogens with one attached hydrogen (secondary N) is 1. The van der Waals surface area contributed by atoms with Crippen LogP contribution >= 0.6 is 0 Å². The molecule has 1 fully saturated rings.